The number of carbonyl (C=O) groups is 2. The van der Waals surface area contributed by atoms with Gasteiger partial charge in [-0.2, -0.15) is 0 Å². The van der Waals surface area contributed by atoms with E-state index in [2.05, 4.69) is 5.32 Å². The topological polar surface area (TPSA) is 86.6 Å². The van der Waals surface area contributed by atoms with E-state index in [4.69, 9.17) is 5.11 Å². The molecule has 0 aromatic heterocycles. The number of aromatic hydroxyl groups is 1. The fraction of sp³-hybridized carbons (Fsp3) is 0.429. The van der Waals surface area contributed by atoms with E-state index in [0.29, 0.717) is 19.4 Å². The zero-order valence-corrected chi connectivity index (χ0v) is 11.1. The molecule has 0 aliphatic heterocycles. The van der Waals surface area contributed by atoms with Gasteiger partial charge >= 0.3 is 5.97 Å². The van der Waals surface area contributed by atoms with E-state index in [9.17, 15) is 19.1 Å². The molecule has 6 heteroatoms. The van der Waals surface area contributed by atoms with Crippen molar-refractivity contribution in [3.8, 4) is 5.75 Å². The zero-order chi connectivity index (χ0) is 15.0. The number of halogens is 1. The Morgan fingerprint density at radius 2 is 1.85 bits per heavy atom. The molecule has 0 bridgehead atoms. The first-order valence-electron chi connectivity index (χ1n) is 6.50. The molecule has 3 N–H and O–H groups in total. The normalized spacial score (nSPS) is 10.2. The van der Waals surface area contributed by atoms with Gasteiger partial charge in [0.25, 0.3) is 5.91 Å². The van der Waals surface area contributed by atoms with Gasteiger partial charge < -0.3 is 15.5 Å². The highest BCUT2D eigenvalue weighted by Gasteiger charge is 2.15. The van der Waals surface area contributed by atoms with Gasteiger partial charge in [-0.1, -0.05) is 18.9 Å². The second kappa shape index (κ2) is 8.14. The van der Waals surface area contributed by atoms with Crippen LogP contribution in [0.5, 0.6) is 5.75 Å². The van der Waals surface area contributed by atoms with Crippen molar-refractivity contribution in [2.45, 2.75) is 32.1 Å². The Hall–Kier alpha value is -2.11. The molecule has 0 saturated carbocycles. The van der Waals surface area contributed by atoms with Gasteiger partial charge in [-0.25, -0.2) is 4.39 Å². The van der Waals surface area contributed by atoms with E-state index in [1.807, 2.05) is 0 Å². The number of carboxylic acid groups (broad SMARTS) is 1. The highest BCUT2D eigenvalue weighted by Crippen LogP contribution is 2.19. The predicted molar refractivity (Wildman–Crippen MR) is 71.1 cm³/mol. The molecule has 1 rings (SSSR count). The van der Waals surface area contributed by atoms with Crippen molar-refractivity contribution in [1.29, 1.82) is 0 Å². The van der Waals surface area contributed by atoms with Crippen molar-refractivity contribution < 1.29 is 24.2 Å². The second-order valence-corrected chi connectivity index (χ2v) is 4.45. The van der Waals surface area contributed by atoms with Crippen LogP contribution in [0.4, 0.5) is 4.39 Å². The minimum atomic E-state index is -0.812. The van der Waals surface area contributed by atoms with Crippen LogP contribution in [-0.4, -0.2) is 28.6 Å². The number of phenolic OH excluding ortho intramolecular Hbond substituents is 1. The van der Waals surface area contributed by atoms with E-state index < -0.39 is 17.7 Å². The molecule has 0 saturated heterocycles. The van der Waals surface area contributed by atoms with Gasteiger partial charge in [0.2, 0.25) is 0 Å². The molecule has 0 atom stereocenters. The number of aliphatic carboxylic acids is 1. The molecule has 1 aromatic carbocycles. The van der Waals surface area contributed by atoms with Crippen molar-refractivity contribution >= 4 is 11.9 Å². The molecule has 1 amide bonds. The van der Waals surface area contributed by atoms with Crippen molar-refractivity contribution in [2.24, 2.45) is 0 Å². The van der Waals surface area contributed by atoms with Gasteiger partial charge in [-0.3, -0.25) is 9.59 Å². The number of carbonyl (C=O) groups excluding carboxylic acids is 1. The standard InChI is InChI=1S/C14H18FNO4/c15-10-6-5-7-11(17)13(10)14(20)16-9-4-2-1-3-8-12(18)19/h5-7,17H,1-4,8-9H2,(H,16,20)(H,18,19). The summed E-state index contributed by atoms with van der Waals surface area (Å²) in [6.07, 6.45) is 3.00. The Bertz CT molecular complexity index is 456. The van der Waals surface area contributed by atoms with Gasteiger partial charge in [0, 0.05) is 13.0 Å². The lowest BCUT2D eigenvalue weighted by Crippen LogP contribution is -2.25. The van der Waals surface area contributed by atoms with E-state index in [-0.39, 0.29) is 17.7 Å². The van der Waals surface area contributed by atoms with Crippen LogP contribution < -0.4 is 5.32 Å². The maximum Gasteiger partial charge on any atom is 0.303 e. The summed E-state index contributed by atoms with van der Waals surface area (Å²) in [6, 6.07) is 3.69. The van der Waals surface area contributed by atoms with Gasteiger partial charge in [0.15, 0.2) is 0 Å². The highest BCUT2D eigenvalue weighted by molar-refractivity contribution is 5.97. The highest BCUT2D eigenvalue weighted by atomic mass is 19.1. The first-order chi connectivity index (χ1) is 9.52. The maximum absolute atomic E-state index is 13.4. The van der Waals surface area contributed by atoms with E-state index in [0.717, 1.165) is 18.9 Å². The van der Waals surface area contributed by atoms with Crippen LogP contribution in [-0.2, 0) is 4.79 Å². The monoisotopic (exact) mass is 283 g/mol. The molecule has 0 fully saturated rings. The van der Waals surface area contributed by atoms with Crippen LogP contribution in [0.1, 0.15) is 42.5 Å². The molecule has 0 heterocycles. The largest absolute Gasteiger partial charge is 0.507 e. The summed E-state index contributed by atoms with van der Waals surface area (Å²) in [5, 5.41) is 20.4. The van der Waals surface area contributed by atoms with E-state index in [1.165, 1.54) is 12.1 Å². The van der Waals surface area contributed by atoms with Crippen molar-refractivity contribution in [2.75, 3.05) is 6.54 Å². The molecule has 20 heavy (non-hydrogen) atoms. The maximum atomic E-state index is 13.4. The first kappa shape index (κ1) is 15.9. The molecule has 110 valence electrons. The van der Waals surface area contributed by atoms with Crippen LogP contribution >= 0.6 is 0 Å². The third-order valence-electron chi connectivity index (χ3n) is 2.82. The van der Waals surface area contributed by atoms with Crippen LogP contribution in [0.3, 0.4) is 0 Å². The van der Waals surface area contributed by atoms with Gasteiger partial charge in [-0.15, -0.1) is 0 Å². The van der Waals surface area contributed by atoms with Crippen LogP contribution in [0.25, 0.3) is 0 Å². The Labute approximate surface area is 116 Å². The summed E-state index contributed by atoms with van der Waals surface area (Å²) < 4.78 is 13.4. The summed E-state index contributed by atoms with van der Waals surface area (Å²) in [7, 11) is 0. The molecule has 0 aliphatic carbocycles. The van der Waals surface area contributed by atoms with E-state index in [1.54, 1.807) is 0 Å². The Kier molecular flexibility index (Phi) is 6.49. The number of unbranched alkanes of at least 4 members (excludes halogenated alkanes) is 3. The average molecular weight is 283 g/mol. The minimum Gasteiger partial charge on any atom is -0.507 e. The van der Waals surface area contributed by atoms with Gasteiger partial charge in [0.05, 0.1) is 0 Å². The lowest BCUT2D eigenvalue weighted by molar-refractivity contribution is -0.137. The van der Waals surface area contributed by atoms with Crippen molar-refractivity contribution in [3.63, 3.8) is 0 Å². The van der Waals surface area contributed by atoms with Crippen LogP contribution in [0.2, 0.25) is 0 Å². The molecule has 0 spiro atoms. The minimum absolute atomic E-state index is 0.148. The molecule has 1 aromatic rings. The number of carboxylic acids is 1. The number of hydrogen-bond acceptors (Lipinski definition) is 3. The molecule has 0 unspecified atom stereocenters. The molecular formula is C14H18FNO4. The number of benzene rings is 1. The first-order valence-corrected chi connectivity index (χ1v) is 6.50. The predicted octanol–water partition coefficient (Wildman–Crippen LogP) is 2.30. The number of rotatable bonds is 8. The van der Waals surface area contributed by atoms with Crippen LogP contribution in [0, 0.1) is 5.82 Å². The molecule has 5 nitrogen and oxygen atoms in total. The number of hydrogen-bond donors (Lipinski definition) is 3. The number of nitrogens with one attached hydrogen (secondary N) is 1. The summed E-state index contributed by atoms with van der Waals surface area (Å²) in [6.45, 7) is 0.361. The Morgan fingerprint density at radius 1 is 1.15 bits per heavy atom. The third-order valence-corrected chi connectivity index (χ3v) is 2.82. The van der Waals surface area contributed by atoms with Gasteiger partial charge in [0.1, 0.15) is 17.1 Å². The SMILES string of the molecule is O=C(O)CCCCCCNC(=O)c1c(O)cccc1F. The summed E-state index contributed by atoms with van der Waals surface area (Å²) in [4.78, 5) is 22.0. The average Bonchev–Trinajstić information content (AvgIpc) is 2.37. The lowest BCUT2D eigenvalue weighted by Gasteiger charge is -2.07. The molecule has 0 radical (unpaired) electrons. The Balaban J connectivity index is 2.25. The van der Waals surface area contributed by atoms with Gasteiger partial charge in [-0.05, 0) is 25.0 Å². The van der Waals surface area contributed by atoms with Crippen molar-refractivity contribution in [3.05, 3.63) is 29.6 Å². The van der Waals surface area contributed by atoms with E-state index >= 15 is 0 Å². The molecule has 0 aliphatic rings. The second-order valence-electron chi connectivity index (χ2n) is 4.45. The molecular weight excluding hydrogens is 265 g/mol. The fourth-order valence-electron chi connectivity index (χ4n) is 1.78. The van der Waals surface area contributed by atoms with Crippen molar-refractivity contribution in [1.82, 2.24) is 5.32 Å². The fourth-order valence-corrected chi connectivity index (χ4v) is 1.78. The quantitative estimate of drug-likeness (QED) is 0.639. The smallest absolute Gasteiger partial charge is 0.303 e. The number of phenols is 1. The summed E-state index contributed by atoms with van der Waals surface area (Å²) in [5.41, 5.74) is -0.349. The number of amides is 1. The lowest BCUT2D eigenvalue weighted by atomic mass is 10.1. The van der Waals surface area contributed by atoms with Crippen LogP contribution in [0.15, 0.2) is 18.2 Å². The summed E-state index contributed by atoms with van der Waals surface area (Å²) >= 11 is 0. The zero-order valence-electron chi connectivity index (χ0n) is 11.1. The summed E-state index contributed by atoms with van der Waals surface area (Å²) in [5.74, 6) is -2.60. The third kappa shape index (κ3) is 5.26. The Morgan fingerprint density at radius 3 is 2.50 bits per heavy atom.